The van der Waals surface area contributed by atoms with E-state index in [1.807, 2.05) is 97.1 Å². The van der Waals surface area contributed by atoms with Gasteiger partial charge >= 0.3 is 0 Å². The second kappa shape index (κ2) is 11.0. The van der Waals surface area contributed by atoms with Gasteiger partial charge in [0.15, 0.2) is 0 Å². The molecule has 0 bridgehead atoms. The third-order valence-corrected chi connectivity index (χ3v) is 7.25. The summed E-state index contributed by atoms with van der Waals surface area (Å²) in [6, 6.07) is 53.5. The van der Waals surface area contributed by atoms with E-state index in [0.717, 1.165) is 55.6 Å². The second-order valence-electron chi connectivity index (χ2n) is 9.50. The molecule has 0 aromatic heterocycles. The fraction of sp³-hybridized carbons (Fsp3) is 0. The van der Waals surface area contributed by atoms with Crippen LogP contribution in [0.5, 0.6) is 0 Å². The standard InChI is InChI=1S/C38H24N2/c39-25-37-33(31-19-9-7-17-29(31)27-13-3-1-4-14-27)21-11-23-35(37)36-24-12-22-34(38(36)26-40)32-20-10-8-18-30(32)28-15-5-2-6-16-28/h1-24H. The van der Waals surface area contributed by atoms with Crippen molar-refractivity contribution in [1.82, 2.24) is 0 Å². The zero-order valence-corrected chi connectivity index (χ0v) is 21.8. The molecule has 0 aliphatic rings. The van der Waals surface area contributed by atoms with E-state index < -0.39 is 0 Å². The second-order valence-corrected chi connectivity index (χ2v) is 9.50. The summed E-state index contributed by atoms with van der Waals surface area (Å²) in [5.41, 5.74) is 10.5. The minimum Gasteiger partial charge on any atom is -0.192 e. The summed E-state index contributed by atoms with van der Waals surface area (Å²) in [6.45, 7) is 0. The Labute approximate surface area is 234 Å². The van der Waals surface area contributed by atoms with E-state index in [0.29, 0.717) is 11.1 Å². The fourth-order valence-corrected chi connectivity index (χ4v) is 5.42. The highest BCUT2D eigenvalue weighted by molar-refractivity contribution is 5.94. The number of rotatable bonds is 5. The molecule has 186 valence electrons. The van der Waals surface area contributed by atoms with E-state index in [1.165, 1.54) is 0 Å². The number of hydrogen-bond acceptors (Lipinski definition) is 2. The van der Waals surface area contributed by atoms with Crippen molar-refractivity contribution < 1.29 is 0 Å². The van der Waals surface area contributed by atoms with Crippen LogP contribution in [-0.4, -0.2) is 0 Å². The lowest BCUT2D eigenvalue weighted by atomic mass is 9.85. The van der Waals surface area contributed by atoms with Crippen molar-refractivity contribution in [2.45, 2.75) is 0 Å². The van der Waals surface area contributed by atoms with Crippen LogP contribution in [0.25, 0.3) is 55.6 Å². The molecule has 0 N–H and O–H groups in total. The summed E-state index contributed by atoms with van der Waals surface area (Å²) < 4.78 is 0. The van der Waals surface area contributed by atoms with Crippen LogP contribution in [0.3, 0.4) is 0 Å². The fourth-order valence-electron chi connectivity index (χ4n) is 5.42. The lowest BCUT2D eigenvalue weighted by Gasteiger charge is -2.17. The Hall–Kier alpha value is -5.70. The van der Waals surface area contributed by atoms with E-state index in [-0.39, 0.29) is 0 Å². The number of nitriles is 2. The predicted octanol–water partition coefficient (Wildman–Crippen LogP) is 9.76. The van der Waals surface area contributed by atoms with Crippen molar-refractivity contribution in [2.24, 2.45) is 0 Å². The van der Waals surface area contributed by atoms with Gasteiger partial charge in [0, 0.05) is 22.3 Å². The van der Waals surface area contributed by atoms with Gasteiger partial charge in [-0.05, 0) is 33.4 Å². The minimum absolute atomic E-state index is 0.552. The van der Waals surface area contributed by atoms with E-state index in [1.54, 1.807) is 0 Å². The number of nitrogens with zero attached hydrogens (tertiary/aromatic N) is 2. The molecule has 0 radical (unpaired) electrons. The maximum atomic E-state index is 10.5. The van der Waals surface area contributed by atoms with Crippen molar-refractivity contribution in [3.8, 4) is 67.8 Å². The van der Waals surface area contributed by atoms with Gasteiger partial charge in [-0.15, -0.1) is 0 Å². The average molecular weight is 509 g/mol. The maximum Gasteiger partial charge on any atom is 0.100 e. The predicted molar refractivity (Wildman–Crippen MR) is 163 cm³/mol. The van der Waals surface area contributed by atoms with Gasteiger partial charge in [-0.3, -0.25) is 0 Å². The molecule has 6 rings (SSSR count). The van der Waals surface area contributed by atoms with Crippen LogP contribution >= 0.6 is 0 Å². The topological polar surface area (TPSA) is 47.6 Å². The molecule has 0 aliphatic carbocycles. The van der Waals surface area contributed by atoms with Gasteiger partial charge < -0.3 is 0 Å². The smallest absolute Gasteiger partial charge is 0.100 e. The first-order valence-electron chi connectivity index (χ1n) is 13.2. The van der Waals surface area contributed by atoms with Gasteiger partial charge in [0.05, 0.1) is 11.1 Å². The molecule has 0 amide bonds. The summed E-state index contributed by atoms with van der Waals surface area (Å²) in [5.74, 6) is 0. The first-order valence-corrected chi connectivity index (χ1v) is 13.2. The Morgan fingerprint density at radius 2 is 0.550 bits per heavy atom. The number of hydrogen-bond donors (Lipinski definition) is 0. The molecule has 0 atom stereocenters. The molecule has 6 aromatic rings. The zero-order chi connectivity index (χ0) is 27.3. The molecule has 2 nitrogen and oxygen atoms in total. The SMILES string of the molecule is N#Cc1c(-c2ccccc2-c2ccccc2)cccc1-c1cccc(-c2ccccc2-c2ccccc2)c1C#N. The van der Waals surface area contributed by atoms with Crippen molar-refractivity contribution in [2.75, 3.05) is 0 Å². The Bertz CT molecular complexity index is 1760. The van der Waals surface area contributed by atoms with Gasteiger partial charge in [0.1, 0.15) is 12.1 Å². The van der Waals surface area contributed by atoms with E-state index >= 15 is 0 Å². The third-order valence-electron chi connectivity index (χ3n) is 7.25. The van der Waals surface area contributed by atoms with Gasteiger partial charge in [-0.1, -0.05) is 146 Å². The summed E-state index contributed by atoms with van der Waals surface area (Å²) in [6.07, 6.45) is 0. The Balaban J connectivity index is 1.56. The minimum atomic E-state index is 0.552. The van der Waals surface area contributed by atoms with E-state index in [2.05, 4.69) is 60.7 Å². The highest BCUT2D eigenvalue weighted by Crippen LogP contribution is 2.41. The first kappa shape index (κ1) is 24.6. The lowest BCUT2D eigenvalue weighted by Crippen LogP contribution is -1.96. The van der Waals surface area contributed by atoms with Crippen LogP contribution in [0, 0.1) is 22.7 Å². The van der Waals surface area contributed by atoms with Gasteiger partial charge in [-0.25, -0.2) is 0 Å². The molecule has 0 heterocycles. The first-order chi connectivity index (χ1) is 19.8. The van der Waals surface area contributed by atoms with Crippen LogP contribution in [0.2, 0.25) is 0 Å². The van der Waals surface area contributed by atoms with Gasteiger partial charge in [-0.2, -0.15) is 10.5 Å². The summed E-state index contributed by atoms with van der Waals surface area (Å²) in [5, 5.41) is 21.0. The molecule has 6 aromatic carbocycles. The monoisotopic (exact) mass is 508 g/mol. The largest absolute Gasteiger partial charge is 0.192 e. The molecule has 0 aliphatic heterocycles. The molecule has 0 saturated carbocycles. The molecule has 0 fully saturated rings. The molecule has 40 heavy (non-hydrogen) atoms. The van der Waals surface area contributed by atoms with E-state index in [4.69, 9.17) is 0 Å². The average Bonchev–Trinajstić information content (AvgIpc) is 3.04. The van der Waals surface area contributed by atoms with Crippen molar-refractivity contribution in [1.29, 1.82) is 10.5 Å². The number of benzene rings is 6. The summed E-state index contributed by atoms with van der Waals surface area (Å²) in [7, 11) is 0. The molecular formula is C38H24N2. The Morgan fingerprint density at radius 3 is 0.900 bits per heavy atom. The van der Waals surface area contributed by atoms with E-state index in [9.17, 15) is 10.5 Å². The molecular weight excluding hydrogens is 484 g/mol. The van der Waals surface area contributed by atoms with Gasteiger partial charge in [0.25, 0.3) is 0 Å². The highest BCUT2D eigenvalue weighted by Gasteiger charge is 2.20. The van der Waals surface area contributed by atoms with Gasteiger partial charge in [0.2, 0.25) is 0 Å². The van der Waals surface area contributed by atoms with Crippen molar-refractivity contribution in [3.63, 3.8) is 0 Å². The van der Waals surface area contributed by atoms with Crippen LogP contribution < -0.4 is 0 Å². The molecule has 0 saturated heterocycles. The van der Waals surface area contributed by atoms with Crippen LogP contribution in [0.1, 0.15) is 11.1 Å². The quantitative estimate of drug-likeness (QED) is 0.233. The van der Waals surface area contributed by atoms with Crippen LogP contribution in [-0.2, 0) is 0 Å². The Morgan fingerprint density at radius 1 is 0.275 bits per heavy atom. The Kier molecular flexibility index (Phi) is 6.75. The lowest BCUT2D eigenvalue weighted by molar-refractivity contribution is 1.44. The third kappa shape index (κ3) is 4.45. The maximum absolute atomic E-state index is 10.5. The zero-order valence-electron chi connectivity index (χ0n) is 21.8. The summed E-state index contributed by atoms with van der Waals surface area (Å²) >= 11 is 0. The molecule has 2 heteroatoms. The van der Waals surface area contributed by atoms with Crippen molar-refractivity contribution >= 4 is 0 Å². The highest BCUT2D eigenvalue weighted by atomic mass is 14.3. The van der Waals surface area contributed by atoms with Crippen molar-refractivity contribution in [3.05, 3.63) is 157 Å². The normalized spacial score (nSPS) is 10.4. The summed E-state index contributed by atoms with van der Waals surface area (Å²) in [4.78, 5) is 0. The van der Waals surface area contributed by atoms with Crippen LogP contribution in [0.4, 0.5) is 0 Å². The molecule has 0 unspecified atom stereocenters. The van der Waals surface area contributed by atoms with Crippen LogP contribution in [0.15, 0.2) is 146 Å². The molecule has 0 spiro atoms.